The van der Waals surface area contributed by atoms with Crippen molar-refractivity contribution in [3.8, 4) is 35.8 Å². The van der Waals surface area contributed by atoms with Gasteiger partial charge in [-0.05, 0) is 216 Å². The number of aryl methyl sites for hydroxylation is 1. The lowest BCUT2D eigenvalue weighted by molar-refractivity contribution is -0.163. The standard InChI is InChI=1S/C31H30N6O5S2.C31H28N4O7S2.C21H24N4O4S2.C18H18N4O3S3/c1-29(19-32)18-31(44-28(42)35-22-12-8-5-9-13-22)26(40)36(3)30(2,43-27(41)34-21-10-6-4-7-11-21)25(39)37(31)24(29)20-14-15-23(17-38)33-16-20;1-29(19-32)18-31(44-28(40)42-23-12-8-5-9-13-23)26(38)34(3)30(2,43-27(39)41-22-10-6-4-7-11-22)25(37)35(31)24(29)20-14-15-21(17-36)33-16-20;1-12-7-8-15(9-23-12)16-19(4,11-22)10-21(31-14(3)27)18(29)24(6)20(5,30-13(2)26)17(28)25(16)21;1-16(9-19)8-18-14(25)21(3)17(2,27-15(26)28-18)13(24)22(18)12(16)10-4-5-11(7-23)20-6-10/h4-16,24,38H,17-18H2,1-3H3,(H,34,41)(H,35,42);4-16,24,36H,17-18H2,1-3H3;7-9,16H,10H2,1-6H3;4-6,12,23H,7-8H2,1-3H3/t2*24?,29-,30+,31+;16?,19-,20+,21+;12?,16-,17+,18+/m1111/s1. The monoisotopic (exact) mass is 2160 g/mol. The predicted octanol–water partition coefficient (Wildman–Crippen LogP) is 15.0. The zero-order chi connectivity index (χ0) is 107. The number of nitrogens with one attached hydrogen (secondary N) is 2. The maximum atomic E-state index is 14.7. The van der Waals surface area contributed by atoms with E-state index in [0.717, 1.165) is 34.1 Å². The van der Waals surface area contributed by atoms with Gasteiger partial charge in [-0.25, -0.2) is 9.59 Å². The summed E-state index contributed by atoms with van der Waals surface area (Å²) in [4.78, 5) is 206. The molecule has 46 heteroatoms. The molecule has 0 saturated carbocycles. The second-order valence-corrected chi connectivity index (χ2v) is 49.6. The van der Waals surface area contributed by atoms with Gasteiger partial charge in [-0.2, -0.15) is 21.0 Å². The Kier molecular flexibility index (Phi) is 31.4. The lowest BCUT2D eigenvalue weighted by Crippen LogP contribution is -2.71. The van der Waals surface area contributed by atoms with E-state index in [1.807, 2.05) is 6.92 Å². The summed E-state index contributed by atoms with van der Waals surface area (Å²) < 4.78 is 11.5. The first-order valence-electron chi connectivity index (χ1n) is 45.5. The predicted molar refractivity (Wildman–Crippen MR) is 557 cm³/mol. The number of thiocarbonyl (C=S) groups is 1. The number of aliphatic hydroxyl groups is 3. The summed E-state index contributed by atoms with van der Waals surface area (Å²) in [6.07, 6.45) is 5.83. The molecular weight excluding hydrogens is 2060 g/mol. The van der Waals surface area contributed by atoms with Crippen LogP contribution in [-0.2, 0) is 67.8 Å². The van der Waals surface area contributed by atoms with Crippen molar-refractivity contribution >= 4 is 200 Å². The fourth-order valence-corrected chi connectivity index (χ4v) is 30.6. The number of aliphatic hydroxyl groups excluding tert-OH is 3. The van der Waals surface area contributed by atoms with Crippen molar-refractivity contribution in [3.05, 3.63) is 240 Å². The third kappa shape index (κ3) is 19.7. The number of piperazine rings is 4. The van der Waals surface area contributed by atoms with Gasteiger partial charge in [0.05, 0.1) is 107 Å². The van der Waals surface area contributed by atoms with Crippen LogP contribution in [0.25, 0.3) is 0 Å². The zero-order valence-electron chi connectivity index (χ0n) is 81.9. The van der Waals surface area contributed by atoms with E-state index >= 15 is 0 Å². The molecule has 1 spiro atoms. The van der Waals surface area contributed by atoms with Crippen LogP contribution in [0.2, 0.25) is 0 Å². The van der Waals surface area contributed by atoms with E-state index < -0.39 is 141 Å². The second kappa shape index (κ2) is 42.1. The van der Waals surface area contributed by atoms with Crippen LogP contribution < -0.4 is 20.1 Å². The SMILES string of the molecule is CC(=O)S[C@@]1(C)C(=O)N2C(c3ccc(C)nc3)[C@@](C)(C#N)C[C@]2(SC(C)=O)C(=O)N1C.CN1C(=O)[C@@]2(SC(=O)Nc3ccccc3)C[C@](C)(C#N)C(c3ccc(CO)nc3)N2C(=O)[C@]1(C)SC(=O)Nc1ccccc1.CN1C(=O)[C@@]2(SC(=O)Oc3ccccc3)C[C@](C)(C#N)C(c3ccc(CO)nc3)N2C(=O)[C@]1(C)SC(=O)Oc1ccccc1.CN1C(=O)[C@@]23C[C@](C)(C#N)C(c4ccc(CO)nc4)N2C(=O)[C@]1(C)SC(=S)S3. The van der Waals surface area contributed by atoms with Gasteiger partial charge < -0.3 is 74.6 Å². The third-order valence-electron chi connectivity index (χ3n) is 27.5. The van der Waals surface area contributed by atoms with Crippen LogP contribution in [-0.4, -0.2) is 224 Å². The Morgan fingerprint density at radius 2 is 0.707 bits per heavy atom. The smallest absolute Gasteiger partial charge is 0.375 e. The van der Waals surface area contributed by atoms with Gasteiger partial charge in [-0.3, -0.25) is 77.5 Å². The molecule has 147 heavy (non-hydrogen) atoms. The molecule has 4 unspecified atom stereocenters. The Morgan fingerprint density at radius 1 is 0.388 bits per heavy atom. The van der Waals surface area contributed by atoms with Gasteiger partial charge in [0.1, 0.15) is 15.0 Å². The molecule has 0 aliphatic carbocycles. The van der Waals surface area contributed by atoms with E-state index in [0.29, 0.717) is 101 Å². The largest absolute Gasteiger partial charge is 0.418 e. The molecule has 4 aromatic carbocycles. The average Bonchev–Trinajstić information content (AvgIpc) is 1.52. The highest BCUT2D eigenvalue weighted by molar-refractivity contribution is 8.48. The number of likely N-dealkylation sites (N-methyl/N-ethyl adjacent to an activating group) is 4. The second-order valence-electron chi connectivity index (χ2n) is 37.6. The van der Waals surface area contributed by atoms with Crippen molar-refractivity contribution in [2.45, 2.75) is 185 Å². The van der Waals surface area contributed by atoms with Crippen molar-refractivity contribution in [2.24, 2.45) is 21.7 Å². The Morgan fingerprint density at radius 3 is 1.05 bits per heavy atom. The van der Waals surface area contributed by atoms with Crippen molar-refractivity contribution in [1.82, 2.24) is 59.1 Å². The average molecular weight is 2160 g/mol. The summed E-state index contributed by atoms with van der Waals surface area (Å²) in [5.41, 5.74) is 0.267. The highest BCUT2D eigenvalue weighted by Gasteiger charge is 2.78. The zero-order valence-corrected chi connectivity index (χ0v) is 89.3. The highest BCUT2D eigenvalue weighted by Crippen LogP contribution is 2.69. The number of para-hydroxylation sites is 4. The molecule has 8 aromatic rings. The van der Waals surface area contributed by atoms with E-state index in [-0.39, 0.29) is 79.0 Å². The molecule has 10 amide bonds. The van der Waals surface area contributed by atoms with Crippen LogP contribution in [0.4, 0.5) is 30.6 Å². The lowest BCUT2D eigenvalue weighted by Gasteiger charge is -2.52. The number of aromatic nitrogens is 4. The summed E-state index contributed by atoms with van der Waals surface area (Å²) in [6, 6.07) is 53.0. The quantitative estimate of drug-likeness (QED) is 0.0417. The normalized spacial score (nSPS) is 29.6. The van der Waals surface area contributed by atoms with Crippen LogP contribution >= 0.6 is 106 Å². The number of benzene rings is 4. The minimum atomic E-state index is -1.90. The summed E-state index contributed by atoms with van der Waals surface area (Å²) >= 11 is 11.7. The molecule has 2 bridgehead atoms. The van der Waals surface area contributed by atoms with E-state index in [4.69, 9.17) is 21.7 Å². The van der Waals surface area contributed by atoms with E-state index in [1.54, 1.807) is 229 Å². The van der Waals surface area contributed by atoms with E-state index in [2.05, 4.69) is 54.8 Å². The van der Waals surface area contributed by atoms with Crippen molar-refractivity contribution in [3.63, 3.8) is 0 Å². The van der Waals surface area contributed by atoms with Gasteiger partial charge >= 0.3 is 10.6 Å². The molecule has 5 N–H and O–H groups in total. The number of carbonyl (C=O) groups excluding carboxylic acids is 14. The van der Waals surface area contributed by atoms with Crippen molar-refractivity contribution in [2.75, 3.05) is 38.8 Å². The molecular formula is C101H100N18O19S9. The number of nitriles is 4. The minimum Gasteiger partial charge on any atom is -0.418 e. The molecule has 4 aromatic heterocycles. The van der Waals surface area contributed by atoms with Crippen molar-refractivity contribution in [1.29, 1.82) is 21.0 Å². The Balaban J connectivity index is 0.000000158. The molecule has 10 aliphatic heterocycles. The van der Waals surface area contributed by atoms with Gasteiger partial charge in [-0.1, -0.05) is 145 Å². The van der Waals surface area contributed by atoms with Gasteiger partial charge in [0.25, 0.3) is 57.7 Å². The van der Waals surface area contributed by atoms with E-state index in [1.165, 1.54) is 121 Å². The number of amides is 10. The number of nitrogens with zero attached hydrogens (tertiary/aromatic N) is 16. The van der Waals surface area contributed by atoms with Crippen LogP contribution in [0.15, 0.2) is 195 Å². The number of ether oxygens (including phenoxy) is 2. The number of carbonyl (C=O) groups is 14. The van der Waals surface area contributed by atoms with Gasteiger partial charge in [0.2, 0.25) is 0 Å². The highest BCUT2D eigenvalue weighted by atomic mass is 32.2. The fraction of sp³-hybridized carbons (Fsp3) is 0.376. The first-order chi connectivity index (χ1) is 69.4. The summed E-state index contributed by atoms with van der Waals surface area (Å²) in [5, 5.41) is 71.5. The van der Waals surface area contributed by atoms with Gasteiger partial charge in [0.15, 0.2) is 49.2 Å². The number of rotatable bonds is 17. The summed E-state index contributed by atoms with van der Waals surface area (Å²) in [5.74, 6) is -3.51. The van der Waals surface area contributed by atoms with Crippen LogP contribution in [0.5, 0.6) is 11.5 Å². The molecule has 0 radical (unpaired) electrons. The number of anilines is 2. The van der Waals surface area contributed by atoms with Crippen LogP contribution in [0.3, 0.4) is 0 Å². The van der Waals surface area contributed by atoms with Crippen molar-refractivity contribution < 1.29 is 91.9 Å². The van der Waals surface area contributed by atoms with Gasteiger partial charge in [-0.15, -0.1) is 0 Å². The lowest BCUT2D eigenvalue weighted by atomic mass is 9.80. The first kappa shape index (κ1) is 110. The summed E-state index contributed by atoms with van der Waals surface area (Å²) in [6.45, 7) is 16.5. The number of pyridine rings is 4. The topological polar surface area (TPSA) is 515 Å². The molecule has 37 nitrogen and oxygen atoms in total. The molecule has 16 atom stereocenters. The number of hydrogen-bond acceptors (Lipinski definition) is 36. The molecule has 762 valence electrons. The Bertz CT molecular complexity index is 6590. The van der Waals surface area contributed by atoms with Crippen LogP contribution in [0, 0.1) is 73.9 Å². The maximum absolute atomic E-state index is 14.7. The number of fused-ring (bicyclic) bond motifs is 6. The van der Waals surface area contributed by atoms with Gasteiger partial charge in [0, 0.05) is 110 Å². The maximum Gasteiger partial charge on any atom is 0.375 e. The molecule has 18 rings (SSSR count). The Hall–Kier alpha value is -12.8. The number of thioether (sulfide) groups is 8. The van der Waals surface area contributed by atoms with E-state index in [9.17, 15) is 103 Å². The summed E-state index contributed by atoms with van der Waals surface area (Å²) in [7, 11) is 5.88. The molecule has 10 fully saturated rings. The first-order valence-corrected chi connectivity index (χ1v) is 52.4. The Labute approximate surface area is 885 Å². The molecule has 14 heterocycles. The minimum absolute atomic E-state index is 0.0188. The van der Waals surface area contributed by atoms with Crippen LogP contribution in [0.1, 0.15) is 164 Å². The number of hydrogen-bond donors (Lipinski definition) is 5. The molecule has 10 aliphatic rings. The third-order valence-corrected chi connectivity index (χ3v) is 37.2. The fourth-order valence-electron chi connectivity index (χ4n) is 20.0. The molecule has 10 saturated heterocycles.